The zero-order valence-corrected chi connectivity index (χ0v) is 11.5. The Kier molecular flexibility index (Phi) is 5.05. The molecule has 1 aliphatic rings. The maximum atomic E-state index is 11.9. The number of likely N-dealkylation sites (tertiary alicyclic amines) is 1. The Morgan fingerprint density at radius 2 is 2.16 bits per heavy atom. The number of nitrogens with zero attached hydrogens (tertiary/aromatic N) is 1. The van der Waals surface area contributed by atoms with E-state index in [2.05, 4.69) is 0 Å². The fourth-order valence-electron chi connectivity index (χ4n) is 2.09. The van der Waals surface area contributed by atoms with E-state index >= 15 is 0 Å². The first-order valence-corrected chi connectivity index (χ1v) is 6.87. The number of ether oxygens (including phenoxy) is 1. The third-order valence-corrected chi connectivity index (χ3v) is 3.43. The minimum absolute atomic E-state index is 0.0777. The first-order chi connectivity index (χ1) is 9.15. The van der Waals surface area contributed by atoms with Crippen molar-refractivity contribution in [3.8, 4) is 5.75 Å². The van der Waals surface area contributed by atoms with E-state index < -0.39 is 0 Å². The van der Waals surface area contributed by atoms with Crippen molar-refractivity contribution < 1.29 is 14.6 Å². The van der Waals surface area contributed by atoms with E-state index in [9.17, 15) is 9.90 Å². The molecule has 0 aromatic heterocycles. The maximum Gasteiger partial charge on any atom is 0.226 e. The molecule has 1 saturated heterocycles. The van der Waals surface area contributed by atoms with Crippen LogP contribution in [-0.4, -0.2) is 41.7 Å². The summed E-state index contributed by atoms with van der Waals surface area (Å²) in [6.45, 7) is 1.62. The van der Waals surface area contributed by atoms with Crippen molar-refractivity contribution >= 4 is 17.5 Å². The Hall–Kier alpha value is -1.26. The topological polar surface area (TPSA) is 49.8 Å². The summed E-state index contributed by atoms with van der Waals surface area (Å²) >= 11 is 5.84. The molecule has 0 bridgehead atoms. The van der Waals surface area contributed by atoms with Crippen molar-refractivity contribution in [3.63, 3.8) is 0 Å². The molecular weight excluding hydrogens is 266 g/mol. The standard InChI is InChI=1S/C14H18ClNO3/c15-11-2-1-3-13(10-11)19-9-6-14(18)16-7-4-12(17)5-8-16/h1-3,10,12,17H,4-9H2. The lowest BCUT2D eigenvalue weighted by Gasteiger charge is -2.29. The average molecular weight is 284 g/mol. The summed E-state index contributed by atoms with van der Waals surface area (Å²) < 4.78 is 5.49. The lowest BCUT2D eigenvalue weighted by Crippen LogP contribution is -2.40. The molecular formula is C14H18ClNO3. The number of benzene rings is 1. The van der Waals surface area contributed by atoms with Gasteiger partial charge >= 0.3 is 0 Å². The fourth-order valence-corrected chi connectivity index (χ4v) is 2.27. The average Bonchev–Trinajstić information content (AvgIpc) is 2.39. The second-order valence-electron chi connectivity index (χ2n) is 4.67. The number of amides is 1. The maximum absolute atomic E-state index is 11.9. The predicted octanol–water partition coefficient (Wildman–Crippen LogP) is 2.09. The Morgan fingerprint density at radius 3 is 2.84 bits per heavy atom. The van der Waals surface area contributed by atoms with Gasteiger partial charge in [-0.15, -0.1) is 0 Å². The molecule has 104 valence electrons. The summed E-state index contributed by atoms with van der Waals surface area (Å²) in [6.07, 6.45) is 1.43. The number of carbonyl (C=O) groups is 1. The van der Waals surface area contributed by atoms with E-state index in [0.29, 0.717) is 49.7 Å². The minimum Gasteiger partial charge on any atom is -0.493 e. The van der Waals surface area contributed by atoms with Crippen LogP contribution >= 0.6 is 11.6 Å². The van der Waals surface area contributed by atoms with Crippen molar-refractivity contribution in [3.05, 3.63) is 29.3 Å². The molecule has 0 atom stereocenters. The summed E-state index contributed by atoms with van der Waals surface area (Å²) in [7, 11) is 0. The van der Waals surface area contributed by atoms with E-state index in [1.807, 2.05) is 12.1 Å². The van der Waals surface area contributed by atoms with Gasteiger partial charge in [-0.1, -0.05) is 17.7 Å². The normalized spacial score (nSPS) is 16.4. The van der Waals surface area contributed by atoms with Gasteiger partial charge in [0.2, 0.25) is 5.91 Å². The third-order valence-electron chi connectivity index (χ3n) is 3.20. The molecule has 4 nitrogen and oxygen atoms in total. The van der Waals surface area contributed by atoms with E-state index in [1.165, 1.54) is 0 Å². The van der Waals surface area contributed by atoms with Gasteiger partial charge in [-0.2, -0.15) is 0 Å². The third kappa shape index (κ3) is 4.40. The number of piperidine rings is 1. The highest BCUT2D eigenvalue weighted by Crippen LogP contribution is 2.17. The SMILES string of the molecule is O=C(CCOc1cccc(Cl)c1)N1CCC(O)CC1. The summed E-state index contributed by atoms with van der Waals surface area (Å²) in [4.78, 5) is 13.7. The van der Waals surface area contributed by atoms with Gasteiger partial charge < -0.3 is 14.7 Å². The molecule has 19 heavy (non-hydrogen) atoms. The van der Waals surface area contributed by atoms with Crippen LogP contribution in [0.25, 0.3) is 0 Å². The predicted molar refractivity (Wildman–Crippen MR) is 73.4 cm³/mol. The van der Waals surface area contributed by atoms with Crippen LogP contribution in [0, 0.1) is 0 Å². The quantitative estimate of drug-likeness (QED) is 0.920. The number of halogens is 1. The zero-order valence-electron chi connectivity index (χ0n) is 10.7. The van der Waals surface area contributed by atoms with Gasteiger partial charge in [0, 0.05) is 18.1 Å². The summed E-state index contributed by atoms with van der Waals surface area (Å²) in [6, 6.07) is 7.13. The van der Waals surface area contributed by atoms with Crippen LogP contribution in [0.15, 0.2) is 24.3 Å². The lowest BCUT2D eigenvalue weighted by atomic mass is 10.1. The van der Waals surface area contributed by atoms with Crippen LogP contribution in [0.3, 0.4) is 0 Å². The van der Waals surface area contributed by atoms with Gasteiger partial charge in [-0.25, -0.2) is 0 Å². The minimum atomic E-state index is -0.258. The Labute approximate surface area is 117 Å². The molecule has 2 rings (SSSR count). The summed E-state index contributed by atoms with van der Waals surface area (Å²) in [5, 5.41) is 10.0. The van der Waals surface area contributed by atoms with Crippen LogP contribution in [0.5, 0.6) is 5.75 Å². The van der Waals surface area contributed by atoms with Crippen molar-refractivity contribution in [2.75, 3.05) is 19.7 Å². The van der Waals surface area contributed by atoms with Crippen LogP contribution in [-0.2, 0) is 4.79 Å². The highest BCUT2D eigenvalue weighted by atomic mass is 35.5. The fraction of sp³-hybridized carbons (Fsp3) is 0.500. The number of hydrogen-bond acceptors (Lipinski definition) is 3. The summed E-state index contributed by atoms with van der Waals surface area (Å²) in [5.41, 5.74) is 0. The smallest absolute Gasteiger partial charge is 0.226 e. The molecule has 1 heterocycles. The van der Waals surface area contributed by atoms with Gasteiger partial charge in [0.1, 0.15) is 5.75 Å². The molecule has 0 unspecified atom stereocenters. The first kappa shape index (κ1) is 14.2. The molecule has 1 aromatic carbocycles. The van der Waals surface area contributed by atoms with E-state index in [1.54, 1.807) is 17.0 Å². The van der Waals surface area contributed by atoms with E-state index in [0.717, 1.165) is 0 Å². The van der Waals surface area contributed by atoms with Gasteiger partial charge in [0.05, 0.1) is 19.1 Å². The number of aliphatic hydroxyl groups excluding tert-OH is 1. The van der Waals surface area contributed by atoms with Gasteiger partial charge in [0.15, 0.2) is 0 Å². The second-order valence-corrected chi connectivity index (χ2v) is 5.10. The number of carbonyl (C=O) groups excluding carboxylic acids is 1. The molecule has 0 spiro atoms. The van der Waals surface area contributed by atoms with Crippen LogP contribution in [0.2, 0.25) is 5.02 Å². The Morgan fingerprint density at radius 1 is 1.42 bits per heavy atom. The number of hydrogen-bond donors (Lipinski definition) is 1. The highest BCUT2D eigenvalue weighted by Gasteiger charge is 2.20. The first-order valence-electron chi connectivity index (χ1n) is 6.49. The highest BCUT2D eigenvalue weighted by molar-refractivity contribution is 6.30. The van der Waals surface area contributed by atoms with Crippen molar-refractivity contribution in [2.45, 2.75) is 25.4 Å². The lowest BCUT2D eigenvalue weighted by molar-refractivity contribution is -0.133. The molecule has 1 aliphatic heterocycles. The van der Waals surface area contributed by atoms with E-state index in [-0.39, 0.29) is 12.0 Å². The molecule has 0 radical (unpaired) electrons. The Balaban J connectivity index is 1.72. The Bertz CT molecular complexity index is 430. The van der Waals surface area contributed by atoms with Crippen molar-refractivity contribution in [1.29, 1.82) is 0 Å². The molecule has 1 N–H and O–H groups in total. The molecule has 1 fully saturated rings. The van der Waals surface area contributed by atoms with Crippen molar-refractivity contribution in [1.82, 2.24) is 4.90 Å². The van der Waals surface area contributed by atoms with Gasteiger partial charge in [0.25, 0.3) is 0 Å². The van der Waals surface area contributed by atoms with E-state index in [4.69, 9.17) is 16.3 Å². The summed E-state index contributed by atoms with van der Waals surface area (Å²) in [5.74, 6) is 0.753. The number of rotatable bonds is 4. The van der Waals surface area contributed by atoms with Crippen LogP contribution < -0.4 is 4.74 Å². The van der Waals surface area contributed by atoms with Gasteiger partial charge in [-0.3, -0.25) is 4.79 Å². The molecule has 5 heteroatoms. The number of aliphatic hydroxyl groups is 1. The van der Waals surface area contributed by atoms with Crippen LogP contribution in [0.4, 0.5) is 0 Å². The molecule has 1 amide bonds. The largest absolute Gasteiger partial charge is 0.493 e. The van der Waals surface area contributed by atoms with Crippen molar-refractivity contribution in [2.24, 2.45) is 0 Å². The monoisotopic (exact) mass is 283 g/mol. The second kappa shape index (κ2) is 6.78. The molecule has 0 saturated carbocycles. The molecule has 1 aromatic rings. The van der Waals surface area contributed by atoms with Crippen LogP contribution in [0.1, 0.15) is 19.3 Å². The van der Waals surface area contributed by atoms with Gasteiger partial charge in [-0.05, 0) is 31.0 Å². The zero-order chi connectivity index (χ0) is 13.7. The molecule has 0 aliphatic carbocycles.